The van der Waals surface area contributed by atoms with Crippen molar-refractivity contribution < 1.29 is 4.74 Å². The van der Waals surface area contributed by atoms with Gasteiger partial charge in [0.1, 0.15) is 16.3 Å². The van der Waals surface area contributed by atoms with Crippen molar-refractivity contribution in [2.24, 2.45) is 0 Å². The van der Waals surface area contributed by atoms with Crippen LogP contribution in [0.4, 0.5) is 0 Å². The number of ether oxygens (including phenoxy) is 1. The zero-order chi connectivity index (χ0) is 11.0. The molecule has 0 aromatic carbocycles. The molecule has 2 aromatic rings. The first-order chi connectivity index (χ1) is 7.15. The summed E-state index contributed by atoms with van der Waals surface area (Å²) >= 11 is 3.39. The lowest BCUT2D eigenvalue weighted by Crippen LogP contribution is -2.03. The number of fused-ring (bicyclic) bond motifs is 1. The predicted molar refractivity (Wildman–Crippen MR) is 60.0 cm³/mol. The van der Waals surface area contributed by atoms with Gasteiger partial charge in [-0.25, -0.2) is 14.6 Å². The Hall–Kier alpha value is -1.17. The third kappa shape index (κ3) is 1.58. The van der Waals surface area contributed by atoms with Gasteiger partial charge in [-0.3, -0.25) is 0 Å². The molecule has 0 radical (unpaired) electrons. The van der Waals surface area contributed by atoms with Gasteiger partial charge in [-0.1, -0.05) is 0 Å². The lowest BCUT2D eigenvalue weighted by Gasteiger charge is -2.05. The molecule has 0 bridgehead atoms. The Balaban J connectivity index is 2.79. The fraction of sp³-hybridized carbons (Fsp3) is 0.444. The van der Waals surface area contributed by atoms with Crippen LogP contribution in [0, 0.1) is 0 Å². The van der Waals surface area contributed by atoms with Crippen molar-refractivity contribution in [3.63, 3.8) is 0 Å². The summed E-state index contributed by atoms with van der Waals surface area (Å²) in [6, 6.07) is 0.249. The molecular weight excluding hydrogens is 260 g/mol. The number of nitrogens with zero attached hydrogens (tertiary/aromatic N) is 4. The van der Waals surface area contributed by atoms with E-state index in [0.717, 1.165) is 11.0 Å². The Morgan fingerprint density at radius 1 is 1.40 bits per heavy atom. The molecule has 80 valence electrons. The van der Waals surface area contributed by atoms with E-state index in [-0.39, 0.29) is 6.04 Å². The van der Waals surface area contributed by atoms with E-state index in [0.29, 0.717) is 10.5 Å². The van der Waals surface area contributed by atoms with E-state index in [4.69, 9.17) is 4.74 Å². The van der Waals surface area contributed by atoms with E-state index in [1.54, 1.807) is 7.11 Å². The van der Waals surface area contributed by atoms with E-state index in [1.165, 1.54) is 6.33 Å². The number of hydrogen-bond acceptors (Lipinski definition) is 4. The zero-order valence-electron chi connectivity index (χ0n) is 8.73. The van der Waals surface area contributed by atoms with Gasteiger partial charge in [-0.15, -0.1) is 0 Å². The summed E-state index contributed by atoms with van der Waals surface area (Å²) < 4.78 is 7.72. The molecule has 0 aliphatic heterocycles. The molecule has 0 aliphatic rings. The van der Waals surface area contributed by atoms with Crippen molar-refractivity contribution in [3.8, 4) is 5.88 Å². The summed E-state index contributed by atoms with van der Waals surface area (Å²) in [5.74, 6) is 0.541. The standard InChI is InChI=1S/C9H11BrN4O/c1-5(2)14-8-6(7(10)13-14)9(15-3)12-4-11-8/h4-5H,1-3H3. The minimum Gasteiger partial charge on any atom is -0.480 e. The summed E-state index contributed by atoms with van der Waals surface area (Å²) in [6.45, 7) is 4.10. The SMILES string of the molecule is COc1ncnc2c1c(Br)nn2C(C)C. The van der Waals surface area contributed by atoms with Crippen LogP contribution in [-0.2, 0) is 0 Å². The Morgan fingerprint density at radius 3 is 2.73 bits per heavy atom. The highest BCUT2D eigenvalue weighted by atomic mass is 79.9. The first-order valence-corrected chi connectivity index (χ1v) is 5.37. The quantitative estimate of drug-likeness (QED) is 0.840. The van der Waals surface area contributed by atoms with Crippen LogP contribution < -0.4 is 4.74 Å². The number of rotatable bonds is 2. The maximum absolute atomic E-state index is 5.17. The van der Waals surface area contributed by atoms with Gasteiger partial charge in [-0.2, -0.15) is 5.10 Å². The average molecular weight is 271 g/mol. The number of halogens is 1. The molecule has 2 aromatic heterocycles. The van der Waals surface area contributed by atoms with Crippen LogP contribution in [0.2, 0.25) is 0 Å². The highest BCUT2D eigenvalue weighted by molar-refractivity contribution is 9.10. The molecule has 0 atom stereocenters. The van der Waals surface area contributed by atoms with Crippen molar-refractivity contribution in [2.75, 3.05) is 7.11 Å². The van der Waals surface area contributed by atoms with E-state index < -0.39 is 0 Å². The van der Waals surface area contributed by atoms with Crippen molar-refractivity contribution in [1.29, 1.82) is 0 Å². The second kappa shape index (κ2) is 3.77. The van der Waals surface area contributed by atoms with E-state index in [1.807, 2.05) is 18.5 Å². The molecule has 5 nitrogen and oxygen atoms in total. The fourth-order valence-corrected chi connectivity index (χ4v) is 1.94. The van der Waals surface area contributed by atoms with Gasteiger partial charge in [-0.05, 0) is 29.8 Å². The third-order valence-electron chi connectivity index (χ3n) is 2.09. The van der Waals surface area contributed by atoms with Gasteiger partial charge < -0.3 is 4.74 Å². The molecule has 2 rings (SSSR count). The molecular formula is C9H11BrN4O. The Morgan fingerprint density at radius 2 is 2.13 bits per heavy atom. The van der Waals surface area contributed by atoms with Crippen LogP contribution in [0.1, 0.15) is 19.9 Å². The lowest BCUT2D eigenvalue weighted by atomic mass is 10.4. The number of hydrogen-bond donors (Lipinski definition) is 0. The molecule has 0 aliphatic carbocycles. The van der Waals surface area contributed by atoms with Crippen LogP contribution in [0.3, 0.4) is 0 Å². The van der Waals surface area contributed by atoms with Crippen LogP contribution in [0.25, 0.3) is 11.0 Å². The van der Waals surface area contributed by atoms with Gasteiger partial charge in [0, 0.05) is 6.04 Å². The van der Waals surface area contributed by atoms with Gasteiger partial charge >= 0.3 is 0 Å². The Bertz CT molecular complexity index is 494. The topological polar surface area (TPSA) is 52.8 Å². The second-order valence-electron chi connectivity index (χ2n) is 3.41. The molecule has 2 heterocycles. The molecule has 0 saturated carbocycles. The maximum Gasteiger partial charge on any atom is 0.228 e. The normalized spacial score (nSPS) is 11.3. The Kier molecular flexibility index (Phi) is 2.60. The van der Waals surface area contributed by atoms with Gasteiger partial charge in [0.25, 0.3) is 0 Å². The van der Waals surface area contributed by atoms with Crippen LogP contribution in [-0.4, -0.2) is 26.9 Å². The summed E-state index contributed by atoms with van der Waals surface area (Å²) in [6.07, 6.45) is 1.48. The average Bonchev–Trinajstić information content (AvgIpc) is 2.56. The number of methoxy groups -OCH3 is 1. The third-order valence-corrected chi connectivity index (χ3v) is 2.65. The van der Waals surface area contributed by atoms with Crippen molar-refractivity contribution in [1.82, 2.24) is 19.7 Å². The van der Waals surface area contributed by atoms with Gasteiger partial charge in [0.2, 0.25) is 5.88 Å². The molecule has 0 amide bonds. The first kappa shape index (κ1) is 10.4. The minimum atomic E-state index is 0.249. The molecule has 15 heavy (non-hydrogen) atoms. The maximum atomic E-state index is 5.17. The first-order valence-electron chi connectivity index (χ1n) is 4.58. The van der Waals surface area contributed by atoms with Crippen molar-refractivity contribution in [3.05, 3.63) is 10.9 Å². The predicted octanol–water partition coefficient (Wildman–Crippen LogP) is 2.18. The molecule has 6 heteroatoms. The minimum absolute atomic E-state index is 0.249. The fourth-order valence-electron chi connectivity index (χ4n) is 1.42. The molecule has 0 N–H and O–H groups in total. The smallest absolute Gasteiger partial charge is 0.228 e. The van der Waals surface area contributed by atoms with E-state index >= 15 is 0 Å². The summed E-state index contributed by atoms with van der Waals surface area (Å²) in [4.78, 5) is 8.25. The molecule has 0 spiro atoms. The van der Waals surface area contributed by atoms with Crippen molar-refractivity contribution >= 4 is 27.0 Å². The van der Waals surface area contributed by atoms with E-state index in [2.05, 4.69) is 31.0 Å². The highest BCUT2D eigenvalue weighted by Crippen LogP contribution is 2.29. The molecule has 0 fully saturated rings. The van der Waals surface area contributed by atoms with Gasteiger partial charge in [0.05, 0.1) is 7.11 Å². The van der Waals surface area contributed by atoms with Gasteiger partial charge in [0.15, 0.2) is 5.65 Å². The van der Waals surface area contributed by atoms with E-state index in [9.17, 15) is 0 Å². The molecule has 0 unspecified atom stereocenters. The summed E-state index contributed by atoms with van der Waals surface area (Å²) in [7, 11) is 1.58. The van der Waals surface area contributed by atoms with Crippen molar-refractivity contribution in [2.45, 2.75) is 19.9 Å². The second-order valence-corrected chi connectivity index (χ2v) is 4.16. The number of aromatic nitrogens is 4. The van der Waals surface area contributed by atoms with Crippen LogP contribution in [0.15, 0.2) is 10.9 Å². The Labute approximate surface area is 95.6 Å². The highest BCUT2D eigenvalue weighted by Gasteiger charge is 2.16. The van der Waals surface area contributed by atoms with Crippen LogP contribution in [0.5, 0.6) is 5.88 Å². The zero-order valence-corrected chi connectivity index (χ0v) is 10.3. The largest absolute Gasteiger partial charge is 0.480 e. The lowest BCUT2D eigenvalue weighted by molar-refractivity contribution is 0.402. The summed E-state index contributed by atoms with van der Waals surface area (Å²) in [5, 5.41) is 5.16. The monoisotopic (exact) mass is 270 g/mol. The van der Waals surface area contributed by atoms with Crippen LogP contribution >= 0.6 is 15.9 Å². The molecule has 0 saturated heterocycles. The summed E-state index contributed by atoms with van der Waals surface area (Å²) in [5.41, 5.74) is 0.781.